The zero-order valence-corrected chi connectivity index (χ0v) is 17.9. The zero-order chi connectivity index (χ0) is 24.9. The second kappa shape index (κ2) is 10.3. The van der Waals surface area contributed by atoms with E-state index in [4.69, 9.17) is 9.94 Å². The van der Waals surface area contributed by atoms with Crippen LogP contribution in [0.3, 0.4) is 0 Å². The molecule has 3 aromatic carbocycles. The summed E-state index contributed by atoms with van der Waals surface area (Å²) in [5.74, 6) is -7.09. The lowest BCUT2D eigenvalue weighted by molar-refractivity contribution is -0.131. The summed E-state index contributed by atoms with van der Waals surface area (Å²) in [6.45, 7) is 0. The molecule has 0 bridgehead atoms. The lowest BCUT2D eigenvalue weighted by atomic mass is 9.93. The molecule has 8 nitrogen and oxygen atoms in total. The van der Waals surface area contributed by atoms with Crippen LogP contribution >= 0.6 is 0 Å². The van der Waals surface area contributed by atoms with E-state index in [9.17, 15) is 31.6 Å². The van der Waals surface area contributed by atoms with E-state index in [1.54, 1.807) is 24.3 Å². The van der Waals surface area contributed by atoms with E-state index in [0.29, 0.717) is 12.1 Å². The van der Waals surface area contributed by atoms with Gasteiger partial charge in [0, 0.05) is 0 Å². The van der Waals surface area contributed by atoms with Crippen LogP contribution < -0.4 is 14.9 Å². The molecule has 3 aromatic rings. The predicted molar refractivity (Wildman–Crippen MR) is 112 cm³/mol. The van der Waals surface area contributed by atoms with Gasteiger partial charge in [-0.1, -0.05) is 30.3 Å². The monoisotopic (exact) mass is 491 g/mol. The van der Waals surface area contributed by atoms with Gasteiger partial charge in [-0.05, 0) is 42.0 Å². The highest BCUT2D eigenvalue weighted by atomic mass is 32.2. The molecule has 1 unspecified atom stereocenters. The molecule has 2 atom stereocenters. The molecule has 0 aliphatic carbocycles. The third kappa shape index (κ3) is 5.52. The fourth-order valence-corrected chi connectivity index (χ4v) is 4.22. The topological polar surface area (TPSA) is 129 Å². The molecule has 0 radical (unpaired) electrons. The number of sulfonamides is 1. The Hall–Kier alpha value is -3.92. The predicted octanol–water partition coefficient (Wildman–Crippen LogP) is 3.36. The number of nitriles is 1. The van der Waals surface area contributed by atoms with Crippen LogP contribution in [0.1, 0.15) is 11.5 Å². The standard InChI is InChI=1S/C22H16F3N3O5S/c23-14-6-8-15(9-7-14)33-21-18(24)10-16(11-19(21)25)34(31,32)28-20(22(29)27-30)17(12-26)13-4-2-1-3-5-13/h1-11,17,20,28,30H,(H,27,29)/t17?,20-/m1/s1. The average Bonchev–Trinajstić information content (AvgIpc) is 2.82. The number of carbonyl (C=O) groups excluding carboxylic acids is 1. The smallest absolute Gasteiger partial charge is 0.263 e. The summed E-state index contributed by atoms with van der Waals surface area (Å²) in [5.41, 5.74) is 1.53. The fourth-order valence-electron chi connectivity index (χ4n) is 2.99. The number of carbonyl (C=O) groups is 1. The van der Waals surface area contributed by atoms with Crippen molar-refractivity contribution in [3.8, 4) is 17.6 Å². The van der Waals surface area contributed by atoms with Crippen LogP contribution in [-0.4, -0.2) is 25.6 Å². The number of ether oxygens (including phenoxy) is 1. The molecule has 0 aliphatic rings. The van der Waals surface area contributed by atoms with Crippen LogP contribution in [0.25, 0.3) is 0 Å². The molecule has 34 heavy (non-hydrogen) atoms. The van der Waals surface area contributed by atoms with Gasteiger partial charge in [-0.25, -0.2) is 27.1 Å². The van der Waals surface area contributed by atoms with Gasteiger partial charge in [0.05, 0.1) is 16.9 Å². The van der Waals surface area contributed by atoms with Gasteiger partial charge in [-0.3, -0.25) is 10.0 Å². The molecular weight excluding hydrogens is 475 g/mol. The van der Waals surface area contributed by atoms with Gasteiger partial charge in [-0.2, -0.15) is 9.98 Å². The molecule has 1 amide bonds. The molecule has 0 aliphatic heterocycles. The summed E-state index contributed by atoms with van der Waals surface area (Å²) < 4.78 is 74.7. The Morgan fingerprint density at radius 1 is 1.00 bits per heavy atom. The summed E-state index contributed by atoms with van der Waals surface area (Å²) in [7, 11) is -4.78. The van der Waals surface area contributed by atoms with Crippen molar-refractivity contribution in [1.29, 1.82) is 5.26 Å². The average molecular weight is 491 g/mol. The van der Waals surface area contributed by atoms with Crippen molar-refractivity contribution in [3.63, 3.8) is 0 Å². The van der Waals surface area contributed by atoms with Crippen LogP contribution in [0.4, 0.5) is 13.2 Å². The van der Waals surface area contributed by atoms with Crippen LogP contribution in [0, 0.1) is 28.8 Å². The minimum Gasteiger partial charge on any atom is -0.451 e. The maximum atomic E-state index is 14.6. The number of hydrogen-bond donors (Lipinski definition) is 3. The van der Waals surface area contributed by atoms with Crippen LogP contribution in [0.15, 0.2) is 71.6 Å². The minimum absolute atomic E-state index is 0.104. The van der Waals surface area contributed by atoms with E-state index >= 15 is 0 Å². The molecular formula is C22H16F3N3O5S. The Morgan fingerprint density at radius 3 is 2.12 bits per heavy atom. The summed E-state index contributed by atoms with van der Waals surface area (Å²) in [4.78, 5) is 11.3. The molecule has 0 aromatic heterocycles. The van der Waals surface area contributed by atoms with Crippen molar-refractivity contribution in [1.82, 2.24) is 10.2 Å². The van der Waals surface area contributed by atoms with E-state index in [-0.39, 0.29) is 11.3 Å². The maximum Gasteiger partial charge on any atom is 0.263 e. The van der Waals surface area contributed by atoms with Crippen molar-refractivity contribution in [3.05, 3.63) is 89.7 Å². The number of halogens is 3. The maximum absolute atomic E-state index is 14.6. The van der Waals surface area contributed by atoms with Crippen molar-refractivity contribution < 1.29 is 36.3 Å². The highest BCUT2D eigenvalue weighted by Gasteiger charge is 2.35. The van der Waals surface area contributed by atoms with Gasteiger partial charge in [0.15, 0.2) is 17.4 Å². The number of nitrogens with one attached hydrogen (secondary N) is 2. The molecule has 3 rings (SSSR count). The lowest BCUT2D eigenvalue weighted by Crippen LogP contribution is -2.49. The highest BCUT2D eigenvalue weighted by Crippen LogP contribution is 2.30. The number of amides is 1. The molecule has 0 saturated carbocycles. The Kier molecular flexibility index (Phi) is 7.52. The summed E-state index contributed by atoms with van der Waals surface area (Å²) in [6.07, 6.45) is 0. The lowest BCUT2D eigenvalue weighted by Gasteiger charge is -2.22. The number of nitrogens with zero attached hydrogens (tertiary/aromatic N) is 1. The molecule has 0 spiro atoms. The Balaban J connectivity index is 1.94. The van der Waals surface area contributed by atoms with Crippen molar-refractivity contribution in [2.75, 3.05) is 0 Å². The van der Waals surface area contributed by atoms with Gasteiger partial charge < -0.3 is 4.74 Å². The molecule has 0 heterocycles. The molecule has 12 heteroatoms. The van der Waals surface area contributed by atoms with Crippen LogP contribution in [-0.2, 0) is 14.8 Å². The molecule has 176 valence electrons. The SMILES string of the molecule is N#CC(c1ccccc1)[C@@H](NS(=O)(=O)c1cc(F)c(Oc2ccc(F)cc2)c(F)c1)C(=O)NO. The van der Waals surface area contributed by atoms with Crippen molar-refractivity contribution >= 4 is 15.9 Å². The summed E-state index contributed by atoms with van der Waals surface area (Å²) in [5, 5.41) is 18.6. The largest absolute Gasteiger partial charge is 0.451 e. The summed E-state index contributed by atoms with van der Waals surface area (Å²) >= 11 is 0. The molecule has 3 N–H and O–H groups in total. The van der Waals surface area contributed by atoms with Crippen molar-refractivity contribution in [2.24, 2.45) is 0 Å². The van der Waals surface area contributed by atoms with Gasteiger partial charge in [0.1, 0.15) is 17.6 Å². The van der Waals surface area contributed by atoms with Gasteiger partial charge in [0.2, 0.25) is 10.0 Å². The first-order valence-corrected chi connectivity index (χ1v) is 11.0. The van der Waals surface area contributed by atoms with Gasteiger partial charge in [0.25, 0.3) is 5.91 Å². The number of hydroxylamine groups is 1. The first-order chi connectivity index (χ1) is 16.2. The number of benzene rings is 3. The van der Waals surface area contributed by atoms with Gasteiger partial charge in [-0.15, -0.1) is 0 Å². The number of rotatable bonds is 8. The third-order valence-corrected chi connectivity index (χ3v) is 6.04. The van der Waals surface area contributed by atoms with E-state index in [0.717, 1.165) is 24.3 Å². The van der Waals surface area contributed by atoms with E-state index < -0.39 is 56.0 Å². The molecule has 0 saturated heterocycles. The second-order valence-electron chi connectivity index (χ2n) is 6.86. The Morgan fingerprint density at radius 2 is 1.59 bits per heavy atom. The Labute approximate surface area is 192 Å². The third-order valence-electron chi connectivity index (χ3n) is 4.62. The minimum atomic E-state index is -4.78. The first kappa shape index (κ1) is 24.7. The second-order valence-corrected chi connectivity index (χ2v) is 8.58. The van der Waals surface area contributed by atoms with Crippen molar-refractivity contribution in [2.45, 2.75) is 16.9 Å². The van der Waals surface area contributed by atoms with E-state index in [1.165, 1.54) is 17.6 Å². The normalized spacial score (nSPS) is 12.9. The van der Waals surface area contributed by atoms with Gasteiger partial charge >= 0.3 is 0 Å². The number of hydrogen-bond acceptors (Lipinski definition) is 6. The first-order valence-electron chi connectivity index (χ1n) is 9.49. The Bertz CT molecular complexity index is 1310. The van der Waals surface area contributed by atoms with E-state index in [1.807, 2.05) is 4.72 Å². The van der Waals surface area contributed by atoms with Crippen LogP contribution in [0.2, 0.25) is 0 Å². The summed E-state index contributed by atoms with van der Waals surface area (Å²) in [6, 6.07) is 12.7. The van der Waals surface area contributed by atoms with E-state index in [2.05, 4.69) is 0 Å². The highest BCUT2D eigenvalue weighted by molar-refractivity contribution is 7.89. The van der Waals surface area contributed by atoms with Crippen LogP contribution in [0.5, 0.6) is 11.5 Å². The molecule has 0 fully saturated rings. The zero-order valence-electron chi connectivity index (χ0n) is 17.1. The quantitative estimate of drug-likeness (QED) is 0.328. The fraction of sp³-hybridized carbons (Fsp3) is 0.0909.